The van der Waals surface area contributed by atoms with Crippen LogP contribution in [-0.2, 0) is 16.1 Å². The number of nitrogens with zero attached hydrogens (tertiary/aromatic N) is 2. The lowest BCUT2D eigenvalue weighted by Crippen LogP contribution is -2.42. The lowest BCUT2D eigenvalue weighted by Gasteiger charge is -2.16. The van der Waals surface area contributed by atoms with Gasteiger partial charge >= 0.3 is 0 Å². The van der Waals surface area contributed by atoms with Crippen molar-refractivity contribution in [1.82, 2.24) is 20.5 Å². The van der Waals surface area contributed by atoms with E-state index in [2.05, 4.69) is 15.6 Å². The van der Waals surface area contributed by atoms with Crippen LogP contribution in [0.2, 0.25) is 0 Å². The van der Waals surface area contributed by atoms with E-state index in [0.29, 0.717) is 11.4 Å². The maximum absolute atomic E-state index is 12.2. The standard InChI is InChI=1S/C18H18N4O3S2/c1-22(11-16-21-12-5-2-3-6-13(12)27-16)17(24)10-19-15(23)9-20-18(25)14-7-4-8-26-14/h2-8H,9-11H2,1H3,(H,19,23)(H,20,25). The highest BCUT2D eigenvalue weighted by atomic mass is 32.1. The third-order valence-corrected chi connectivity index (χ3v) is 5.62. The average molecular weight is 403 g/mol. The Bertz CT molecular complexity index is 920. The minimum Gasteiger partial charge on any atom is -0.345 e. The van der Waals surface area contributed by atoms with E-state index in [9.17, 15) is 14.4 Å². The topological polar surface area (TPSA) is 91.4 Å². The Morgan fingerprint density at radius 1 is 1.07 bits per heavy atom. The molecule has 2 aromatic heterocycles. The molecule has 0 radical (unpaired) electrons. The summed E-state index contributed by atoms with van der Waals surface area (Å²) in [4.78, 5) is 42.3. The summed E-state index contributed by atoms with van der Waals surface area (Å²) < 4.78 is 1.07. The molecule has 0 unspecified atom stereocenters. The summed E-state index contributed by atoms with van der Waals surface area (Å²) in [6, 6.07) is 11.2. The number of rotatable bonds is 7. The Balaban J connectivity index is 1.42. The van der Waals surface area contributed by atoms with Crippen molar-refractivity contribution < 1.29 is 14.4 Å². The van der Waals surface area contributed by atoms with Gasteiger partial charge in [0.15, 0.2) is 0 Å². The van der Waals surface area contributed by atoms with Gasteiger partial charge in [0.1, 0.15) is 5.01 Å². The second-order valence-corrected chi connectivity index (χ2v) is 7.82. The number of nitrogens with one attached hydrogen (secondary N) is 2. The molecule has 2 heterocycles. The first-order valence-electron chi connectivity index (χ1n) is 8.20. The number of hydrogen-bond donors (Lipinski definition) is 2. The molecule has 140 valence electrons. The number of likely N-dealkylation sites (N-methyl/N-ethyl adjacent to an activating group) is 1. The number of fused-ring (bicyclic) bond motifs is 1. The Kier molecular flexibility index (Phi) is 6.15. The van der Waals surface area contributed by atoms with E-state index in [0.717, 1.165) is 15.2 Å². The zero-order valence-corrected chi connectivity index (χ0v) is 16.2. The number of benzene rings is 1. The average Bonchev–Trinajstić information content (AvgIpc) is 3.33. The van der Waals surface area contributed by atoms with Crippen molar-refractivity contribution in [2.24, 2.45) is 0 Å². The van der Waals surface area contributed by atoms with Crippen molar-refractivity contribution in [2.75, 3.05) is 20.1 Å². The van der Waals surface area contributed by atoms with Gasteiger partial charge in [-0.15, -0.1) is 22.7 Å². The molecule has 7 nitrogen and oxygen atoms in total. The first kappa shape index (κ1) is 19.0. The fourth-order valence-corrected chi connectivity index (χ4v) is 3.97. The van der Waals surface area contributed by atoms with Gasteiger partial charge in [-0.2, -0.15) is 0 Å². The lowest BCUT2D eigenvalue weighted by molar-refractivity contribution is -0.132. The number of carbonyl (C=O) groups excluding carboxylic acids is 3. The van der Waals surface area contributed by atoms with Crippen LogP contribution in [0.5, 0.6) is 0 Å². The molecule has 0 aliphatic carbocycles. The molecule has 0 atom stereocenters. The van der Waals surface area contributed by atoms with E-state index in [-0.39, 0.29) is 24.9 Å². The summed E-state index contributed by atoms with van der Waals surface area (Å²) in [7, 11) is 1.67. The third kappa shape index (κ3) is 5.11. The molecule has 0 saturated carbocycles. The van der Waals surface area contributed by atoms with Crippen molar-refractivity contribution in [3.8, 4) is 0 Å². The van der Waals surface area contributed by atoms with E-state index in [4.69, 9.17) is 0 Å². The van der Waals surface area contributed by atoms with E-state index in [1.54, 1.807) is 24.6 Å². The molecule has 0 spiro atoms. The quantitative estimate of drug-likeness (QED) is 0.631. The third-order valence-electron chi connectivity index (χ3n) is 3.73. The summed E-state index contributed by atoms with van der Waals surface area (Å²) in [6.45, 7) is 0.0733. The van der Waals surface area contributed by atoms with Crippen LogP contribution in [0.25, 0.3) is 10.2 Å². The highest BCUT2D eigenvalue weighted by Gasteiger charge is 2.14. The molecule has 3 aromatic rings. The number of hydrogen-bond acceptors (Lipinski definition) is 6. The van der Waals surface area contributed by atoms with E-state index >= 15 is 0 Å². The molecule has 9 heteroatoms. The SMILES string of the molecule is CN(Cc1nc2ccccc2s1)C(=O)CNC(=O)CNC(=O)c1cccs1. The fourth-order valence-electron chi connectivity index (χ4n) is 2.31. The zero-order chi connectivity index (χ0) is 19.2. The maximum Gasteiger partial charge on any atom is 0.261 e. The van der Waals surface area contributed by atoms with Crippen molar-refractivity contribution >= 4 is 50.6 Å². The summed E-state index contributed by atoms with van der Waals surface area (Å²) in [6.07, 6.45) is 0. The minimum absolute atomic E-state index is 0.130. The highest BCUT2D eigenvalue weighted by molar-refractivity contribution is 7.18. The van der Waals surface area contributed by atoms with Gasteiger partial charge in [-0.1, -0.05) is 18.2 Å². The highest BCUT2D eigenvalue weighted by Crippen LogP contribution is 2.22. The van der Waals surface area contributed by atoms with Gasteiger partial charge in [0, 0.05) is 7.05 Å². The number of thiophene rings is 1. The molecule has 3 amide bonds. The second-order valence-electron chi connectivity index (χ2n) is 5.76. The molecular weight excluding hydrogens is 384 g/mol. The van der Waals surface area contributed by atoms with Crippen molar-refractivity contribution in [1.29, 1.82) is 0 Å². The van der Waals surface area contributed by atoms with Gasteiger partial charge < -0.3 is 15.5 Å². The van der Waals surface area contributed by atoms with Crippen LogP contribution in [0.4, 0.5) is 0 Å². The summed E-state index contributed by atoms with van der Waals surface area (Å²) in [5, 5.41) is 7.66. The van der Waals surface area contributed by atoms with Crippen molar-refractivity contribution in [3.05, 3.63) is 51.7 Å². The van der Waals surface area contributed by atoms with Crippen LogP contribution < -0.4 is 10.6 Å². The van der Waals surface area contributed by atoms with Crippen LogP contribution in [0.3, 0.4) is 0 Å². The molecule has 2 N–H and O–H groups in total. The van der Waals surface area contributed by atoms with Gasteiger partial charge in [0.25, 0.3) is 5.91 Å². The predicted octanol–water partition coefficient (Wildman–Crippen LogP) is 1.86. The predicted molar refractivity (Wildman–Crippen MR) is 106 cm³/mol. The molecular formula is C18H18N4O3S2. The molecule has 0 aliphatic heterocycles. The number of carbonyl (C=O) groups is 3. The molecule has 27 heavy (non-hydrogen) atoms. The van der Waals surface area contributed by atoms with Gasteiger partial charge in [-0.25, -0.2) is 4.98 Å². The number of aromatic nitrogens is 1. The van der Waals surface area contributed by atoms with E-state index < -0.39 is 5.91 Å². The number of para-hydroxylation sites is 1. The normalized spacial score (nSPS) is 10.6. The minimum atomic E-state index is -0.415. The largest absolute Gasteiger partial charge is 0.345 e. The van der Waals surface area contributed by atoms with Crippen molar-refractivity contribution in [2.45, 2.75) is 6.54 Å². The lowest BCUT2D eigenvalue weighted by atomic mass is 10.3. The Labute approximate surface area is 164 Å². The molecule has 0 fully saturated rings. The first-order valence-corrected chi connectivity index (χ1v) is 9.89. The molecule has 0 bridgehead atoms. The summed E-state index contributed by atoms with van der Waals surface area (Å²) in [5.74, 6) is -0.951. The van der Waals surface area contributed by atoms with Crippen molar-refractivity contribution in [3.63, 3.8) is 0 Å². The smallest absolute Gasteiger partial charge is 0.261 e. The van der Waals surface area contributed by atoms with Gasteiger partial charge in [0.05, 0.1) is 34.7 Å². The molecule has 0 saturated heterocycles. The van der Waals surface area contributed by atoms with Crippen LogP contribution in [0.1, 0.15) is 14.7 Å². The number of amides is 3. The Morgan fingerprint density at radius 3 is 2.63 bits per heavy atom. The van der Waals surface area contributed by atoms with Crippen LogP contribution >= 0.6 is 22.7 Å². The molecule has 0 aliphatic rings. The van der Waals surface area contributed by atoms with Crippen LogP contribution in [-0.4, -0.2) is 47.7 Å². The van der Waals surface area contributed by atoms with E-state index in [1.165, 1.54) is 27.6 Å². The summed E-state index contributed by atoms with van der Waals surface area (Å²) >= 11 is 2.84. The van der Waals surface area contributed by atoms with Crippen LogP contribution in [0.15, 0.2) is 41.8 Å². The van der Waals surface area contributed by atoms with Gasteiger partial charge in [-0.3, -0.25) is 14.4 Å². The molecule has 3 rings (SSSR count). The summed E-state index contributed by atoms with van der Waals surface area (Å²) in [5.41, 5.74) is 0.910. The zero-order valence-electron chi connectivity index (χ0n) is 14.6. The first-order chi connectivity index (χ1) is 13.0. The monoisotopic (exact) mass is 402 g/mol. The fraction of sp³-hybridized carbons (Fsp3) is 0.222. The molecule has 1 aromatic carbocycles. The van der Waals surface area contributed by atoms with E-state index in [1.807, 2.05) is 24.3 Å². The number of thiazole rings is 1. The van der Waals surface area contributed by atoms with Crippen LogP contribution in [0, 0.1) is 0 Å². The Morgan fingerprint density at radius 2 is 1.89 bits per heavy atom. The van der Waals surface area contributed by atoms with Gasteiger partial charge in [-0.05, 0) is 23.6 Å². The Hall–Kier alpha value is -2.78. The van der Waals surface area contributed by atoms with Gasteiger partial charge in [0.2, 0.25) is 11.8 Å². The second kappa shape index (κ2) is 8.74. The maximum atomic E-state index is 12.2.